The smallest absolute Gasteiger partial charge is 0.236 e. The first-order valence-corrected chi connectivity index (χ1v) is 11.5. The van der Waals surface area contributed by atoms with Gasteiger partial charge in [0.25, 0.3) is 0 Å². The number of carbonyl (C=O) groups excluding carboxylic acids is 2. The molecule has 2 heterocycles. The second-order valence-corrected chi connectivity index (χ2v) is 8.82. The van der Waals surface area contributed by atoms with E-state index in [2.05, 4.69) is 48.6 Å². The molecule has 2 aliphatic rings. The Bertz CT molecular complexity index is 867. The van der Waals surface area contributed by atoms with Crippen LogP contribution in [-0.2, 0) is 9.59 Å². The van der Waals surface area contributed by atoms with Crippen molar-refractivity contribution in [3.8, 4) is 0 Å². The van der Waals surface area contributed by atoms with Crippen molar-refractivity contribution in [3.63, 3.8) is 0 Å². The molecule has 31 heavy (non-hydrogen) atoms. The molecule has 1 unspecified atom stereocenters. The van der Waals surface area contributed by atoms with Crippen molar-refractivity contribution in [1.29, 1.82) is 0 Å². The van der Waals surface area contributed by atoms with Crippen molar-refractivity contribution in [2.75, 3.05) is 32.7 Å². The van der Waals surface area contributed by atoms with E-state index in [1.807, 2.05) is 28.0 Å². The lowest BCUT2D eigenvalue weighted by molar-refractivity contribution is -0.139. The molecule has 2 fully saturated rings. The molecule has 164 valence electrons. The van der Waals surface area contributed by atoms with E-state index in [0.717, 1.165) is 49.9 Å². The lowest BCUT2D eigenvalue weighted by atomic mass is 9.95. The number of nitrogens with one attached hydrogen (secondary N) is 1. The predicted molar refractivity (Wildman–Crippen MR) is 123 cm³/mol. The number of nitrogens with zero attached hydrogens (tertiary/aromatic N) is 2. The van der Waals surface area contributed by atoms with Gasteiger partial charge in [-0.05, 0) is 43.7 Å². The highest BCUT2D eigenvalue weighted by atomic mass is 16.2. The van der Waals surface area contributed by atoms with Crippen LogP contribution < -0.4 is 5.32 Å². The van der Waals surface area contributed by atoms with Crippen molar-refractivity contribution >= 4 is 11.8 Å². The van der Waals surface area contributed by atoms with Gasteiger partial charge in [-0.2, -0.15) is 0 Å². The summed E-state index contributed by atoms with van der Waals surface area (Å²) in [6.07, 6.45) is 3.80. The summed E-state index contributed by atoms with van der Waals surface area (Å²) < 4.78 is 0. The third kappa shape index (κ3) is 5.34. The van der Waals surface area contributed by atoms with E-state index in [4.69, 9.17) is 0 Å². The number of piperidine rings is 1. The van der Waals surface area contributed by atoms with E-state index in [0.29, 0.717) is 19.0 Å². The monoisotopic (exact) mass is 419 g/mol. The second kappa shape index (κ2) is 10.1. The van der Waals surface area contributed by atoms with Crippen LogP contribution in [0.2, 0.25) is 0 Å². The zero-order valence-corrected chi connectivity index (χ0v) is 18.4. The third-order valence-electron chi connectivity index (χ3n) is 6.62. The first-order chi connectivity index (χ1) is 15.1. The number of likely N-dealkylation sites (tertiary alicyclic amines) is 2. The SMILES string of the molecule is Cc1ccc(C(NCC(=O)N2CCC(C(=O)N3CCCC3)CC2)c2ccccc2)cc1. The number of aryl methyl sites for hydroxylation is 1. The van der Waals surface area contributed by atoms with Crippen molar-refractivity contribution in [2.24, 2.45) is 5.92 Å². The maximum atomic E-state index is 12.9. The molecule has 0 radical (unpaired) electrons. The first-order valence-electron chi connectivity index (χ1n) is 11.5. The molecular weight excluding hydrogens is 386 g/mol. The van der Waals surface area contributed by atoms with E-state index in [1.165, 1.54) is 5.56 Å². The van der Waals surface area contributed by atoms with Crippen molar-refractivity contribution < 1.29 is 9.59 Å². The summed E-state index contributed by atoms with van der Waals surface area (Å²) in [5.41, 5.74) is 3.52. The van der Waals surface area contributed by atoms with Gasteiger partial charge in [-0.25, -0.2) is 0 Å². The van der Waals surface area contributed by atoms with Gasteiger partial charge in [0.15, 0.2) is 0 Å². The van der Waals surface area contributed by atoms with Crippen LogP contribution in [0.1, 0.15) is 48.4 Å². The molecular formula is C26H33N3O2. The minimum absolute atomic E-state index is 0.0277. The van der Waals surface area contributed by atoms with Gasteiger partial charge in [0.1, 0.15) is 0 Å². The molecule has 2 aliphatic heterocycles. The Morgan fingerprint density at radius 3 is 2.13 bits per heavy atom. The van der Waals surface area contributed by atoms with Gasteiger partial charge in [-0.1, -0.05) is 60.2 Å². The van der Waals surface area contributed by atoms with Gasteiger partial charge in [0, 0.05) is 32.1 Å². The van der Waals surface area contributed by atoms with E-state index < -0.39 is 0 Å². The first kappa shape index (κ1) is 21.6. The Balaban J connectivity index is 1.34. The number of benzene rings is 2. The van der Waals surface area contributed by atoms with Crippen molar-refractivity contribution in [2.45, 2.75) is 38.6 Å². The van der Waals surface area contributed by atoms with Crippen molar-refractivity contribution in [1.82, 2.24) is 15.1 Å². The summed E-state index contributed by atoms with van der Waals surface area (Å²) in [5, 5.41) is 3.48. The average molecular weight is 420 g/mol. The molecule has 2 aromatic rings. The molecule has 0 aliphatic carbocycles. The minimum Gasteiger partial charge on any atom is -0.342 e. The topological polar surface area (TPSA) is 52.7 Å². The van der Waals surface area contributed by atoms with Crippen molar-refractivity contribution in [3.05, 3.63) is 71.3 Å². The normalized spacial score (nSPS) is 18.2. The maximum absolute atomic E-state index is 12.9. The summed E-state index contributed by atoms with van der Waals surface area (Å²) in [7, 11) is 0. The molecule has 0 aromatic heterocycles. The van der Waals surface area contributed by atoms with Gasteiger partial charge in [0.2, 0.25) is 11.8 Å². The zero-order chi connectivity index (χ0) is 21.6. The van der Waals surface area contributed by atoms with Gasteiger partial charge in [-0.3, -0.25) is 14.9 Å². The number of hydrogen-bond donors (Lipinski definition) is 1. The fourth-order valence-electron chi connectivity index (χ4n) is 4.71. The van der Waals surface area contributed by atoms with Crippen LogP contribution in [0.4, 0.5) is 0 Å². The van der Waals surface area contributed by atoms with Crippen LogP contribution in [0.5, 0.6) is 0 Å². The molecule has 2 amide bonds. The van der Waals surface area contributed by atoms with Crippen LogP contribution in [0.3, 0.4) is 0 Å². The van der Waals surface area contributed by atoms with E-state index in [-0.39, 0.29) is 24.4 Å². The zero-order valence-electron chi connectivity index (χ0n) is 18.4. The number of carbonyl (C=O) groups is 2. The standard InChI is InChI=1S/C26H33N3O2/c1-20-9-11-22(12-10-20)25(21-7-3-2-4-8-21)27-19-24(30)28-17-13-23(14-18-28)26(31)29-15-5-6-16-29/h2-4,7-12,23,25,27H,5-6,13-19H2,1H3. The molecule has 0 bridgehead atoms. The summed E-state index contributed by atoms with van der Waals surface area (Å²) in [6.45, 7) is 5.52. The predicted octanol–water partition coefficient (Wildman–Crippen LogP) is 3.54. The van der Waals surface area contributed by atoms with Crippen LogP contribution in [0.25, 0.3) is 0 Å². The number of rotatable bonds is 6. The Morgan fingerprint density at radius 1 is 0.871 bits per heavy atom. The Kier molecular flexibility index (Phi) is 7.03. The fourth-order valence-corrected chi connectivity index (χ4v) is 4.71. The van der Waals surface area contributed by atoms with Gasteiger partial charge < -0.3 is 9.80 Å². The summed E-state index contributed by atoms with van der Waals surface area (Å²) >= 11 is 0. The summed E-state index contributed by atoms with van der Waals surface area (Å²) in [6, 6.07) is 18.7. The molecule has 5 heteroatoms. The summed E-state index contributed by atoms with van der Waals surface area (Å²) in [5.74, 6) is 0.492. The largest absolute Gasteiger partial charge is 0.342 e. The molecule has 1 N–H and O–H groups in total. The average Bonchev–Trinajstić information content (AvgIpc) is 3.35. The molecule has 1 atom stereocenters. The molecule has 0 saturated carbocycles. The number of amides is 2. The van der Waals surface area contributed by atoms with Crippen LogP contribution >= 0.6 is 0 Å². The van der Waals surface area contributed by atoms with Crippen LogP contribution in [0, 0.1) is 12.8 Å². The van der Waals surface area contributed by atoms with E-state index >= 15 is 0 Å². The molecule has 4 rings (SSSR count). The summed E-state index contributed by atoms with van der Waals surface area (Å²) in [4.78, 5) is 29.5. The van der Waals surface area contributed by atoms with Crippen LogP contribution in [-0.4, -0.2) is 54.3 Å². The maximum Gasteiger partial charge on any atom is 0.236 e. The lowest BCUT2D eigenvalue weighted by Gasteiger charge is -2.33. The highest BCUT2D eigenvalue weighted by Crippen LogP contribution is 2.24. The highest BCUT2D eigenvalue weighted by Gasteiger charge is 2.31. The quantitative estimate of drug-likeness (QED) is 0.779. The number of hydrogen-bond acceptors (Lipinski definition) is 3. The fraction of sp³-hybridized carbons (Fsp3) is 0.462. The molecule has 5 nitrogen and oxygen atoms in total. The van der Waals surface area contributed by atoms with Gasteiger partial charge in [0.05, 0.1) is 12.6 Å². The van der Waals surface area contributed by atoms with Crippen LogP contribution in [0.15, 0.2) is 54.6 Å². The van der Waals surface area contributed by atoms with E-state index in [9.17, 15) is 9.59 Å². The Hall–Kier alpha value is -2.66. The van der Waals surface area contributed by atoms with Gasteiger partial charge in [-0.15, -0.1) is 0 Å². The second-order valence-electron chi connectivity index (χ2n) is 8.82. The Labute approximate surface area is 185 Å². The highest BCUT2D eigenvalue weighted by molar-refractivity contribution is 5.81. The van der Waals surface area contributed by atoms with E-state index in [1.54, 1.807) is 0 Å². The minimum atomic E-state index is -0.0277. The molecule has 2 aromatic carbocycles. The third-order valence-corrected chi connectivity index (χ3v) is 6.62. The molecule has 0 spiro atoms. The lowest BCUT2D eigenvalue weighted by Crippen LogP contribution is -2.46. The molecule has 2 saturated heterocycles. The van der Waals surface area contributed by atoms with Gasteiger partial charge >= 0.3 is 0 Å². The Morgan fingerprint density at radius 2 is 1.48 bits per heavy atom.